The summed E-state index contributed by atoms with van der Waals surface area (Å²) in [5.41, 5.74) is 7.81. The first-order valence-electron chi connectivity index (χ1n) is 6.17. The summed E-state index contributed by atoms with van der Waals surface area (Å²) >= 11 is 0. The topological polar surface area (TPSA) is 57.4 Å². The van der Waals surface area contributed by atoms with E-state index < -0.39 is 0 Å². The van der Waals surface area contributed by atoms with E-state index in [0.29, 0.717) is 12.5 Å². The van der Waals surface area contributed by atoms with Crippen molar-refractivity contribution in [2.24, 2.45) is 5.73 Å². The highest BCUT2D eigenvalue weighted by atomic mass is 16.5. The average molecular weight is 258 g/mol. The van der Waals surface area contributed by atoms with Gasteiger partial charge in [0.1, 0.15) is 12.4 Å². The Bertz CT molecular complexity index is 541. The number of aromatic nitrogens is 1. The van der Waals surface area contributed by atoms with Gasteiger partial charge in [0.25, 0.3) is 0 Å². The number of hydrogen-bond donors (Lipinski definition) is 1. The first kappa shape index (κ1) is 13.4. The summed E-state index contributed by atoms with van der Waals surface area (Å²) in [6.45, 7) is 2.36. The average Bonchev–Trinajstić information content (AvgIpc) is 2.45. The molecule has 4 nitrogen and oxygen atoms in total. The van der Waals surface area contributed by atoms with Crippen LogP contribution in [0.4, 0.5) is 0 Å². The second kappa shape index (κ2) is 6.20. The van der Waals surface area contributed by atoms with E-state index in [1.54, 1.807) is 13.3 Å². The van der Waals surface area contributed by atoms with E-state index in [2.05, 4.69) is 4.98 Å². The van der Waals surface area contributed by atoms with Crippen molar-refractivity contribution in [2.45, 2.75) is 19.6 Å². The number of nitrogens with zero attached hydrogens (tertiary/aromatic N) is 1. The molecule has 0 radical (unpaired) electrons. The minimum absolute atomic E-state index is 0.00326. The summed E-state index contributed by atoms with van der Waals surface area (Å²) in [5, 5.41) is 0. The van der Waals surface area contributed by atoms with E-state index in [1.165, 1.54) is 0 Å². The zero-order valence-electron chi connectivity index (χ0n) is 11.2. The second-order valence-electron chi connectivity index (χ2n) is 4.32. The molecule has 1 aromatic carbocycles. The molecule has 0 fully saturated rings. The molecule has 0 aliphatic rings. The Balaban J connectivity index is 2.08. The Morgan fingerprint density at radius 1 is 1.26 bits per heavy atom. The van der Waals surface area contributed by atoms with Gasteiger partial charge in [0.15, 0.2) is 0 Å². The molecule has 2 rings (SSSR count). The molecule has 1 aromatic heterocycles. The largest absolute Gasteiger partial charge is 0.489 e. The number of ether oxygens (including phenoxy) is 2. The lowest BCUT2D eigenvalue weighted by Gasteiger charge is -2.11. The van der Waals surface area contributed by atoms with Gasteiger partial charge in [0.05, 0.1) is 12.7 Å². The first-order valence-corrected chi connectivity index (χ1v) is 6.17. The molecular weight excluding hydrogens is 240 g/mol. The van der Waals surface area contributed by atoms with Crippen LogP contribution >= 0.6 is 0 Å². The standard InChI is InChI=1S/C15H18N2O2/c1-11(16)12-5-3-7-14(9-12)19-10-13-6-4-8-17-15(13)18-2/h3-9,11H,10,16H2,1-2H3. The molecule has 0 saturated carbocycles. The van der Waals surface area contributed by atoms with Gasteiger partial charge in [0.2, 0.25) is 5.88 Å². The van der Waals surface area contributed by atoms with Gasteiger partial charge in [-0.2, -0.15) is 0 Å². The third-order valence-corrected chi connectivity index (χ3v) is 2.82. The summed E-state index contributed by atoms with van der Waals surface area (Å²) in [6.07, 6.45) is 1.69. The van der Waals surface area contributed by atoms with Crippen LogP contribution in [0.25, 0.3) is 0 Å². The Labute approximate surface area is 113 Å². The Morgan fingerprint density at radius 3 is 2.84 bits per heavy atom. The predicted molar refractivity (Wildman–Crippen MR) is 74.2 cm³/mol. The van der Waals surface area contributed by atoms with Crippen LogP contribution in [0.3, 0.4) is 0 Å². The molecule has 0 bridgehead atoms. The molecule has 1 heterocycles. The molecule has 1 atom stereocenters. The third kappa shape index (κ3) is 3.45. The van der Waals surface area contributed by atoms with Gasteiger partial charge in [-0.05, 0) is 36.8 Å². The van der Waals surface area contributed by atoms with Gasteiger partial charge < -0.3 is 15.2 Å². The van der Waals surface area contributed by atoms with Gasteiger partial charge >= 0.3 is 0 Å². The summed E-state index contributed by atoms with van der Waals surface area (Å²) in [5.74, 6) is 1.38. The zero-order valence-corrected chi connectivity index (χ0v) is 11.2. The molecular formula is C15H18N2O2. The maximum absolute atomic E-state index is 5.85. The predicted octanol–water partition coefficient (Wildman–Crippen LogP) is 2.69. The van der Waals surface area contributed by atoms with Crippen molar-refractivity contribution < 1.29 is 9.47 Å². The quantitative estimate of drug-likeness (QED) is 0.895. The fraction of sp³-hybridized carbons (Fsp3) is 0.267. The Morgan fingerprint density at radius 2 is 2.11 bits per heavy atom. The smallest absolute Gasteiger partial charge is 0.219 e. The number of methoxy groups -OCH3 is 1. The van der Waals surface area contributed by atoms with Crippen LogP contribution < -0.4 is 15.2 Å². The van der Waals surface area contributed by atoms with Crippen molar-refractivity contribution in [3.8, 4) is 11.6 Å². The molecule has 1 unspecified atom stereocenters. The highest BCUT2D eigenvalue weighted by Gasteiger charge is 2.05. The maximum Gasteiger partial charge on any atom is 0.219 e. The SMILES string of the molecule is COc1ncccc1COc1cccc(C(C)N)c1. The number of rotatable bonds is 5. The van der Waals surface area contributed by atoms with Crippen LogP contribution in [0.5, 0.6) is 11.6 Å². The molecule has 0 aliphatic carbocycles. The van der Waals surface area contributed by atoms with Crippen LogP contribution in [-0.4, -0.2) is 12.1 Å². The van der Waals surface area contributed by atoms with Gasteiger partial charge in [-0.1, -0.05) is 12.1 Å². The maximum atomic E-state index is 5.85. The van der Waals surface area contributed by atoms with E-state index >= 15 is 0 Å². The lowest BCUT2D eigenvalue weighted by atomic mass is 10.1. The number of nitrogens with two attached hydrogens (primary N) is 1. The van der Waals surface area contributed by atoms with Gasteiger partial charge in [-0.3, -0.25) is 0 Å². The summed E-state index contributed by atoms with van der Waals surface area (Å²) < 4.78 is 10.9. The molecule has 19 heavy (non-hydrogen) atoms. The number of pyridine rings is 1. The van der Waals surface area contributed by atoms with Crippen LogP contribution in [-0.2, 0) is 6.61 Å². The van der Waals surface area contributed by atoms with Crippen LogP contribution in [0.15, 0.2) is 42.6 Å². The van der Waals surface area contributed by atoms with Gasteiger partial charge in [-0.25, -0.2) is 4.98 Å². The fourth-order valence-electron chi connectivity index (χ4n) is 1.77. The molecule has 0 spiro atoms. The highest BCUT2D eigenvalue weighted by Crippen LogP contribution is 2.20. The van der Waals surface area contributed by atoms with Crippen molar-refractivity contribution in [2.75, 3.05) is 7.11 Å². The first-order chi connectivity index (χ1) is 9.20. The molecule has 2 N–H and O–H groups in total. The lowest BCUT2D eigenvalue weighted by Crippen LogP contribution is -2.05. The number of benzene rings is 1. The van der Waals surface area contributed by atoms with Crippen molar-refractivity contribution in [1.29, 1.82) is 0 Å². The van der Waals surface area contributed by atoms with E-state index in [1.807, 2.05) is 43.3 Å². The highest BCUT2D eigenvalue weighted by molar-refractivity contribution is 5.31. The summed E-state index contributed by atoms with van der Waals surface area (Å²) in [7, 11) is 1.60. The third-order valence-electron chi connectivity index (χ3n) is 2.82. The van der Waals surface area contributed by atoms with E-state index in [9.17, 15) is 0 Å². The molecule has 0 aliphatic heterocycles. The summed E-state index contributed by atoms with van der Waals surface area (Å²) in [4.78, 5) is 4.13. The van der Waals surface area contributed by atoms with Crippen molar-refractivity contribution in [3.63, 3.8) is 0 Å². The molecule has 100 valence electrons. The van der Waals surface area contributed by atoms with Crippen LogP contribution in [0.2, 0.25) is 0 Å². The Hall–Kier alpha value is -2.07. The summed E-state index contributed by atoms with van der Waals surface area (Å²) in [6, 6.07) is 11.6. The number of hydrogen-bond acceptors (Lipinski definition) is 4. The molecule has 2 aromatic rings. The van der Waals surface area contributed by atoms with Crippen molar-refractivity contribution >= 4 is 0 Å². The zero-order chi connectivity index (χ0) is 13.7. The minimum atomic E-state index is -0.00326. The monoisotopic (exact) mass is 258 g/mol. The van der Waals surface area contributed by atoms with Crippen molar-refractivity contribution in [1.82, 2.24) is 4.98 Å². The lowest BCUT2D eigenvalue weighted by molar-refractivity contribution is 0.293. The van der Waals surface area contributed by atoms with E-state index in [0.717, 1.165) is 16.9 Å². The second-order valence-corrected chi connectivity index (χ2v) is 4.32. The van der Waals surface area contributed by atoms with E-state index in [4.69, 9.17) is 15.2 Å². The van der Waals surface area contributed by atoms with E-state index in [-0.39, 0.29) is 6.04 Å². The minimum Gasteiger partial charge on any atom is -0.489 e. The van der Waals surface area contributed by atoms with Crippen LogP contribution in [0.1, 0.15) is 24.1 Å². The molecule has 4 heteroatoms. The molecule has 0 saturated heterocycles. The van der Waals surface area contributed by atoms with Gasteiger partial charge in [0, 0.05) is 12.2 Å². The van der Waals surface area contributed by atoms with Crippen LogP contribution in [0, 0.1) is 0 Å². The molecule has 0 amide bonds. The normalized spacial score (nSPS) is 11.9. The fourth-order valence-corrected chi connectivity index (χ4v) is 1.77. The van der Waals surface area contributed by atoms with Gasteiger partial charge in [-0.15, -0.1) is 0 Å². The van der Waals surface area contributed by atoms with Crippen molar-refractivity contribution in [3.05, 3.63) is 53.7 Å². The Kier molecular flexibility index (Phi) is 4.36.